The molecule has 0 aliphatic carbocycles. The van der Waals surface area contributed by atoms with Crippen LogP contribution in [0.5, 0.6) is 11.5 Å². The number of H-pyrrole nitrogens is 1. The quantitative estimate of drug-likeness (QED) is 0.500. The molecule has 2 aromatic heterocycles. The lowest BCUT2D eigenvalue weighted by Gasteiger charge is -2.21. The van der Waals surface area contributed by atoms with Gasteiger partial charge >= 0.3 is 0 Å². The molecule has 0 bridgehead atoms. The van der Waals surface area contributed by atoms with Crippen LogP contribution < -0.4 is 9.47 Å². The molecule has 0 spiro atoms. The number of rotatable bonds is 7. The number of hydrogen-bond acceptors (Lipinski definition) is 4. The van der Waals surface area contributed by atoms with Gasteiger partial charge in [-0.2, -0.15) is 0 Å². The van der Waals surface area contributed by atoms with Crippen molar-refractivity contribution in [3.8, 4) is 11.5 Å². The molecule has 1 amide bonds. The summed E-state index contributed by atoms with van der Waals surface area (Å²) in [5, 5.41) is 0.955. The number of carbonyl (C=O) groups excluding carboxylic acids is 1. The second kappa shape index (κ2) is 8.14. The third kappa shape index (κ3) is 4.11. The molecule has 4 aromatic rings. The van der Waals surface area contributed by atoms with Crippen molar-refractivity contribution >= 4 is 16.8 Å². The van der Waals surface area contributed by atoms with E-state index in [1.54, 1.807) is 25.4 Å². The molecule has 0 fully saturated rings. The Morgan fingerprint density at radius 2 is 1.72 bits per heavy atom. The van der Waals surface area contributed by atoms with E-state index in [1.807, 2.05) is 60.7 Å². The average Bonchev–Trinajstić information content (AvgIpc) is 3.42. The molecule has 1 N–H and O–H groups in total. The van der Waals surface area contributed by atoms with Crippen LogP contribution in [0, 0.1) is 0 Å². The smallest absolute Gasteiger partial charge is 0.271 e. The zero-order chi connectivity index (χ0) is 20.2. The summed E-state index contributed by atoms with van der Waals surface area (Å²) in [5.41, 5.74) is 2.38. The molecule has 4 rings (SSSR count). The molecule has 2 aromatic carbocycles. The summed E-state index contributed by atoms with van der Waals surface area (Å²) < 4.78 is 16.0. The minimum atomic E-state index is -0.104. The van der Waals surface area contributed by atoms with E-state index < -0.39 is 0 Å². The van der Waals surface area contributed by atoms with Crippen molar-refractivity contribution in [3.05, 3.63) is 83.9 Å². The Labute approximate surface area is 168 Å². The molecule has 29 heavy (non-hydrogen) atoms. The summed E-state index contributed by atoms with van der Waals surface area (Å²) in [4.78, 5) is 18.3. The first-order chi connectivity index (χ1) is 14.2. The lowest BCUT2D eigenvalue weighted by atomic mass is 10.2. The molecule has 0 aliphatic rings. The highest BCUT2D eigenvalue weighted by Gasteiger charge is 2.20. The minimum absolute atomic E-state index is 0.104. The maximum Gasteiger partial charge on any atom is 0.271 e. The number of furan rings is 1. The van der Waals surface area contributed by atoms with Gasteiger partial charge in [-0.15, -0.1) is 0 Å². The van der Waals surface area contributed by atoms with Crippen molar-refractivity contribution in [1.29, 1.82) is 0 Å². The van der Waals surface area contributed by atoms with E-state index in [4.69, 9.17) is 13.9 Å². The molecule has 0 aliphatic heterocycles. The second-order valence-corrected chi connectivity index (χ2v) is 6.72. The summed E-state index contributed by atoms with van der Waals surface area (Å²) in [7, 11) is 3.25. The molecule has 0 atom stereocenters. The number of methoxy groups -OCH3 is 2. The number of benzene rings is 2. The van der Waals surface area contributed by atoms with Crippen LogP contribution in [0.1, 0.15) is 21.8 Å². The molecule has 6 heteroatoms. The van der Waals surface area contributed by atoms with Gasteiger partial charge in [-0.25, -0.2) is 0 Å². The van der Waals surface area contributed by atoms with Gasteiger partial charge in [0.15, 0.2) is 0 Å². The van der Waals surface area contributed by atoms with Gasteiger partial charge in [0.05, 0.1) is 27.0 Å². The number of ether oxygens (including phenoxy) is 2. The lowest BCUT2D eigenvalue weighted by molar-refractivity contribution is 0.0712. The van der Waals surface area contributed by atoms with E-state index >= 15 is 0 Å². The van der Waals surface area contributed by atoms with Gasteiger partial charge in [-0.05, 0) is 48.0 Å². The minimum Gasteiger partial charge on any atom is -0.497 e. The van der Waals surface area contributed by atoms with Crippen LogP contribution >= 0.6 is 0 Å². The predicted octanol–water partition coefficient (Wildman–Crippen LogP) is 4.62. The molecule has 0 radical (unpaired) electrons. The van der Waals surface area contributed by atoms with Crippen molar-refractivity contribution in [3.63, 3.8) is 0 Å². The van der Waals surface area contributed by atoms with Gasteiger partial charge in [0.25, 0.3) is 5.91 Å². The van der Waals surface area contributed by atoms with Crippen molar-refractivity contribution in [2.45, 2.75) is 13.1 Å². The van der Waals surface area contributed by atoms with Crippen molar-refractivity contribution < 1.29 is 18.7 Å². The van der Waals surface area contributed by atoms with Gasteiger partial charge in [0.1, 0.15) is 23.0 Å². The van der Waals surface area contributed by atoms with Crippen LogP contribution in [0.2, 0.25) is 0 Å². The van der Waals surface area contributed by atoms with Crippen LogP contribution in [-0.4, -0.2) is 30.0 Å². The SMILES string of the molecule is COc1ccc(CN(Cc2ccco2)C(=O)c2cc3ccc(OC)cc3[nH]2)cc1. The average molecular weight is 390 g/mol. The third-order valence-electron chi connectivity index (χ3n) is 4.81. The van der Waals surface area contributed by atoms with E-state index in [1.165, 1.54) is 0 Å². The number of hydrogen-bond donors (Lipinski definition) is 1. The summed E-state index contributed by atoms with van der Waals surface area (Å²) in [6.07, 6.45) is 1.61. The Bertz CT molecular complexity index is 1100. The Morgan fingerprint density at radius 1 is 0.966 bits per heavy atom. The number of aromatic amines is 1. The molecule has 0 saturated carbocycles. The molecule has 6 nitrogen and oxygen atoms in total. The first-order valence-corrected chi connectivity index (χ1v) is 9.27. The zero-order valence-electron chi connectivity index (χ0n) is 16.3. The van der Waals surface area contributed by atoms with Crippen LogP contribution in [-0.2, 0) is 13.1 Å². The zero-order valence-corrected chi connectivity index (χ0v) is 16.3. The first kappa shape index (κ1) is 18.7. The summed E-state index contributed by atoms with van der Waals surface area (Å²) in [6.45, 7) is 0.818. The molecular formula is C23H22N2O4. The van der Waals surface area contributed by atoms with Gasteiger partial charge in [0.2, 0.25) is 0 Å². The van der Waals surface area contributed by atoms with Gasteiger partial charge < -0.3 is 23.8 Å². The van der Waals surface area contributed by atoms with Gasteiger partial charge in [0, 0.05) is 23.5 Å². The van der Waals surface area contributed by atoms with Crippen molar-refractivity contribution in [2.75, 3.05) is 14.2 Å². The Morgan fingerprint density at radius 3 is 2.41 bits per heavy atom. The maximum absolute atomic E-state index is 13.3. The predicted molar refractivity (Wildman–Crippen MR) is 110 cm³/mol. The highest BCUT2D eigenvalue weighted by molar-refractivity contribution is 5.98. The molecule has 0 saturated heterocycles. The van der Waals surface area contributed by atoms with Crippen LogP contribution in [0.3, 0.4) is 0 Å². The Kier molecular flexibility index (Phi) is 5.24. The standard InChI is InChI=1S/C23H22N2O4/c1-27-18-8-5-16(6-9-18)14-25(15-20-4-3-11-29-20)23(26)22-12-17-7-10-19(28-2)13-21(17)24-22/h3-13,24H,14-15H2,1-2H3. The first-order valence-electron chi connectivity index (χ1n) is 9.27. The number of nitrogens with one attached hydrogen (secondary N) is 1. The lowest BCUT2D eigenvalue weighted by Crippen LogP contribution is -2.30. The van der Waals surface area contributed by atoms with Crippen LogP contribution in [0.15, 0.2) is 71.3 Å². The van der Waals surface area contributed by atoms with E-state index in [2.05, 4.69) is 4.98 Å². The topological polar surface area (TPSA) is 67.7 Å². The fourth-order valence-electron chi connectivity index (χ4n) is 3.26. The number of carbonyl (C=O) groups is 1. The number of aromatic nitrogens is 1. The van der Waals surface area contributed by atoms with Gasteiger partial charge in [-0.1, -0.05) is 12.1 Å². The monoisotopic (exact) mass is 390 g/mol. The number of nitrogens with zero attached hydrogens (tertiary/aromatic N) is 1. The Hall–Kier alpha value is -3.67. The fraction of sp³-hybridized carbons (Fsp3) is 0.174. The maximum atomic E-state index is 13.3. The molecule has 0 unspecified atom stereocenters. The molecule has 148 valence electrons. The summed E-state index contributed by atoms with van der Waals surface area (Å²) in [5.74, 6) is 2.14. The van der Waals surface area contributed by atoms with Crippen molar-refractivity contribution in [1.82, 2.24) is 9.88 Å². The van der Waals surface area contributed by atoms with Crippen LogP contribution in [0.25, 0.3) is 10.9 Å². The highest BCUT2D eigenvalue weighted by atomic mass is 16.5. The molecular weight excluding hydrogens is 368 g/mol. The highest BCUT2D eigenvalue weighted by Crippen LogP contribution is 2.23. The van der Waals surface area contributed by atoms with E-state index in [9.17, 15) is 4.79 Å². The second-order valence-electron chi connectivity index (χ2n) is 6.72. The molecule has 2 heterocycles. The van der Waals surface area contributed by atoms with E-state index in [-0.39, 0.29) is 5.91 Å². The Balaban J connectivity index is 1.62. The van der Waals surface area contributed by atoms with Crippen LogP contribution in [0.4, 0.5) is 0 Å². The van der Waals surface area contributed by atoms with Crippen molar-refractivity contribution in [2.24, 2.45) is 0 Å². The number of amides is 1. The summed E-state index contributed by atoms with van der Waals surface area (Å²) >= 11 is 0. The normalized spacial score (nSPS) is 10.8. The van der Waals surface area contributed by atoms with E-state index in [0.29, 0.717) is 18.8 Å². The van der Waals surface area contributed by atoms with Gasteiger partial charge in [-0.3, -0.25) is 4.79 Å². The van der Waals surface area contributed by atoms with E-state index in [0.717, 1.165) is 33.7 Å². The number of fused-ring (bicyclic) bond motifs is 1. The third-order valence-corrected chi connectivity index (χ3v) is 4.81. The summed E-state index contributed by atoms with van der Waals surface area (Å²) in [6, 6.07) is 18.9. The largest absolute Gasteiger partial charge is 0.497 e. The fourth-order valence-corrected chi connectivity index (χ4v) is 3.26.